The number of carboxylic acids is 1. The normalized spacial score (nSPS) is 41.7. The molecule has 0 saturated carbocycles. The molecule has 2 atom stereocenters. The smallest absolute Gasteiger partial charge is 0.315 e. The van der Waals surface area contributed by atoms with E-state index in [1.165, 1.54) is 0 Å². The van der Waals surface area contributed by atoms with E-state index in [1.54, 1.807) is 0 Å². The highest BCUT2D eigenvalue weighted by Crippen LogP contribution is 2.44. The highest BCUT2D eigenvalue weighted by atomic mass is 16.5. The molecule has 86 valence electrons. The maximum atomic E-state index is 11.3. The molecule has 0 aromatic carbocycles. The molecule has 0 aromatic heterocycles. The first-order valence-electron chi connectivity index (χ1n) is 5.22. The van der Waals surface area contributed by atoms with Gasteiger partial charge in [-0.1, -0.05) is 0 Å². The van der Waals surface area contributed by atoms with Crippen LogP contribution in [0.3, 0.4) is 0 Å². The van der Waals surface area contributed by atoms with E-state index >= 15 is 0 Å². The van der Waals surface area contributed by atoms with E-state index in [1.807, 2.05) is 0 Å². The first-order chi connectivity index (χ1) is 7.11. The molecule has 0 amide bonds. The van der Waals surface area contributed by atoms with Gasteiger partial charge in [-0.05, 0) is 19.3 Å². The van der Waals surface area contributed by atoms with Crippen molar-refractivity contribution < 1.29 is 24.5 Å². The van der Waals surface area contributed by atoms with Crippen molar-refractivity contribution in [2.75, 3.05) is 26.4 Å². The maximum absolute atomic E-state index is 11.3. The number of carboxylic acid groups (broad SMARTS) is 1. The second-order valence-electron chi connectivity index (χ2n) is 4.38. The number of ether oxygens (including phenoxy) is 2. The molecule has 5 nitrogen and oxygen atoms in total. The fourth-order valence-electron chi connectivity index (χ4n) is 2.46. The number of carbonyl (C=O) groups is 1. The Morgan fingerprint density at radius 3 is 2.33 bits per heavy atom. The molecule has 2 fully saturated rings. The first-order valence-corrected chi connectivity index (χ1v) is 5.22. The fraction of sp³-hybridized carbons (Fsp3) is 0.900. The molecular formula is C10H16O5. The standard InChI is InChI=1S/C10H16O5/c11-8(12)9(3-5-15-6-9)10(13)2-1-4-14-7-10/h13H,1-7H2,(H,11,12). The molecule has 5 heteroatoms. The summed E-state index contributed by atoms with van der Waals surface area (Å²) in [6.45, 7) is 1.18. The van der Waals surface area contributed by atoms with Gasteiger partial charge in [-0.15, -0.1) is 0 Å². The predicted molar refractivity (Wildman–Crippen MR) is 50.5 cm³/mol. The van der Waals surface area contributed by atoms with Crippen LogP contribution >= 0.6 is 0 Å². The number of hydrogen-bond acceptors (Lipinski definition) is 4. The maximum Gasteiger partial charge on any atom is 0.315 e. The summed E-state index contributed by atoms with van der Waals surface area (Å²) in [5.74, 6) is -0.979. The molecular weight excluding hydrogens is 200 g/mol. The van der Waals surface area contributed by atoms with Crippen LogP contribution in [0.25, 0.3) is 0 Å². The van der Waals surface area contributed by atoms with Crippen LogP contribution in [0.15, 0.2) is 0 Å². The van der Waals surface area contributed by atoms with Crippen molar-refractivity contribution in [2.45, 2.75) is 24.9 Å². The Bertz CT molecular complexity index is 251. The zero-order valence-corrected chi connectivity index (χ0v) is 8.57. The Labute approximate surface area is 88.0 Å². The van der Waals surface area contributed by atoms with Crippen LogP contribution in [0, 0.1) is 5.41 Å². The zero-order valence-electron chi connectivity index (χ0n) is 8.57. The molecule has 0 radical (unpaired) electrons. The van der Waals surface area contributed by atoms with Crippen LogP contribution in [0.1, 0.15) is 19.3 Å². The van der Waals surface area contributed by atoms with E-state index in [-0.39, 0.29) is 13.2 Å². The van der Waals surface area contributed by atoms with Crippen LogP contribution in [-0.2, 0) is 14.3 Å². The second kappa shape index (κ2) is 3.73. The Morgan fingerprint density at radius 2 is 1.87 bits per heavy atom. The summed E-state index contributed by atoms with van der Waals surface area (Å²) in [6.07, 6.45) is 1.54. The Hall–Kier alpha value is -0.650. The van der Waals surface area contributed by atoms with E-state index in [4.69, 9.17) is 9.47 Å². The quantitative estimate of drug-likeness (QED) is 0.680. The van der Waals surface area contributed by atoms with Gasteiger partial charge >= 0.3 is 5.97 Å². The molecule has 2 saturated heterocycles. The molecule has 2 unspecified atom stereocenters. The van der Waals surface area contributed by atoms with Crippen molar-refractivity contribution in [1.29, 1.82) is 0 Å². The summed E-state index contributed by atoms with van der Waals surface area (Å²) in [5, 5.41) is 19.7. The molecule has 2 heterocycles. The van der Waals surface area contributed by atoms with Crippen LogP contribution < -0.4 is 0 Å². The molecule has 0 spiro atoms. The van der Waals surface area contributed by atoms with Crippen LogP contribution in [0.4, 0.5) is 0 Å². The molecule has 2 aliphatic heterocycles. The average Bonchev–Trinajstić information content (AvgIpc) is 2.69. The van der Waals surface area contributed by atoms with Crippen molar-refractivity contribution in [2.24, 2.45) is 5.41 Å². The predicted octanol–water partition coefficient (Wildman–Crippen LogP) is 0.0192. The third-order valence-corrected chi connectivity index (χ3v) is 3.54. The van der Waals surface area contributed by atoms with Crippen LogP contribution in [0.5, 0.6) is 0 Å². The van der Waals surface area contributed by atoms with E-state index in [9.17, 15) is 15.0 Å². The van der Waals surface area contributed by atoms with Gasteiger partial charge in [0, 0.05) is 13.2 Å². The number of hydrogen-bond donors (Lipinski definition) is 2. The highest BCUT2D eigenvalue weighted by molar-refractivity contribution is 5.77. The lowest BCUT2D eigenvalue weighted by Gasteiger charge is -2.43. The van der Waals surface area contributed by atoms with Gasteiger partial charge in [0.05, 0.1) is 13.2 Å². The number of aliphatic hydroxyl groups is 1. The molecule has 2 N–H and O–H groups in total. The minimum atomic E-state index is -1.27. The number of aliphatic carboxylic acids is 1. The van der Waals surface area contributed by atoms with Gasteiger partial charge in [-0.2, -0.15) is 0 Å². The summed E-state index contributed by atoms with van der Waals surface area (Å²) >= 11 is 0. The fourth-order valence-corrected chi connectivity index (χ4v) is 2.46. The number of rotatable bonds is 2. The Balaban J connectivity index is 2.26. The first kappa shape index (κ1) is 10.9. The third-order valence-electron chi connectivity index (χ3n) is 3.54. The van der Waals surface area contributed by atoms with Crippen LogP contribution in [0.2, 0.25) is 0 Å². The molecule has 2 aliphatic rings. The van der Waals surface area contributed by atoms with Crippen LogP contribution in [-0.4, -0.2) is 48.2 Å². The molecule has 2 rings (SSSR count). The monoisotopic (exact) mass is 216 g/mol. The summed E-state index contributed by atoms with van der Waals surface area (Å²) in [4.78, 5) is 11.3. The van der Waals surface area contributed by atoms with Gasteiger partial charge in [0.15, 0.2) is 0 Å². The summed E-state index contributed by atoms with van der Waals surface area (Å²) in [5.41, 5.74) is -2.44. The third kappa shape index (κ3) is 1.55. The van der Waals surface area contributed by atoms with E-state index in [2.05, 4.69) is 0 Å². The summed E-state index contributed by atoms with van der Waals surface area (Å²) in [6, 6.07) is 0. The SMILES string of the molecule is O=C(O)C1(C2(O)CCCOC2)CCOC1. The molecule has 0 bridgehead atoms. The minimum Gasteiger partial charge on any atom is -0.481 e. The largest absolute Gasteiger partial charge is 0.481 e. The average molecular weight is 216 g/mol. The van der Waals surface area contributed by atoms with E-state index in [0.717, 1.165) is 0 Å². The van der Waals surface area contributed by atoms with Crippen molar-refractivity contribution in [3.05, 3.63) is 0 Å². The highest BCUT2D eigenvalue weighted by Gasteiger charge is 2.58. The topological polar surface area (TPSA) is 76.0 Å². The lowest BCUT2D eigenvalue weighted by molar-refractivity contribution is -0.190. The minimum absolute atomic E-state index is 0.0855. The van der Waals surface area contributed by atoms with Gasteiger partial charge in [0.25, 0.3) is 0 Å². The van der Waals surface area contributed by atoms with E-state index in [0.29, 0.717) is 32.5 Å². The second-order valence-corrected chi connectivity index (χ2v) is 4.38. The zero-order chi connectivity index (χ0) is 10.9. The van der Waals surface area contributed by atoms with Crippen molar-refractivity contribution >= 4 is 5.97 Å². The van der Waals surface area contributed by atoms with Gasteiger partial charge in [-0.3, -0.25) is 4.79 Å². The summed E-state index contributed by atoms with van der Waals surface area (Å²) in [7, 11) is 0. The van der Waals surface area contributed by atoms with Gasteiger partial charge in [0.1, 0.15) is 11.0 Å². The van der Waals surface area contributed by atoms with Crippen molar-refractivity contribution in [1.82, 2.24) is 0 Å². The summed E-state index contributed by atoms with van der Waals surface area (Å²) < 4.78 is 10.3. The molecule has 15 heavy (non-hydrogen) atoms. The Morgan fingerprint density at radius 1 is 1.13 bits per heavy atom. The lowest BCUT2D eigenvalue weighted by Crippen LogP contribution is -2.58. The van der Waals surface area contributed by atoms with Gasteiger partial charge < -0.3 is 19.7 Å². The van der Waals surface area contributed by atoms with Gasteiger partial charge in [-0.25, -0.2) is 0 Å². The molecule has 0 aromatic rings. The van der Waals surface area contributed by atoms with E-state index < -0.39 is 17.0 Å². The Kier molecular flexibility index (Phi) is 2.70. The van der Waals surface area contributed by atoms with Crippen molar-refractivity contribution in [3.63, 3.8) is 0 Å². The van der Waals surface area contributed by atoms with Gasteiger partial charge in [0.2, 0.25) is 0 Å². The lowest BCUT2D eigenvalue weighted by atomic mass is 9.68. The van der Waals surface area contributed by atoms with Crippen molar-refractivity contribution in [3.8, 4) is 0 Å². The molecule has 0 aliphatic carbocycles.